The molecule has 3 rings (SSSR count). The van der Waals surface area contributed by atoms with Crippen molar-refractivity contribution in [3.8, 4) is 5.75 Å². The lowest BCUT2D eigenvalue weighted by atomic mass is 9.95. The fourth-order valence-electron chi connectivity index (χ4n) is 3.58. The van der Waals surface area contributed by atoms with Crippen LogP contribution in [0.3, 0.4) is 0 Å². The number of fused-ring (bicyclic) bond motifs is 1. The van der Waals surface area contributed by atoms with Crippen LogP contribution in [0.4, 0.5) is 16.2 Å². The summed E-state index contributed by atoms with van der Waals surface area (Å²) in [6.07, 6.45) is 1.74. The van der Waals surface area contributed by atoms with E-state index in [4.69, 9.17) is 9.47 Å². The maximum atomic E-state index is 12.2. The van der Waals surface area contributed by atoms with E-state index in [0.29, 0.717) is 13.1 Å². The predicted molar refractivity (Wildman–Crippen MR) is 109 cm³/mol. The first kappa shape index (κ1) is 19.6. The van der Waals surface area contributed by atoms with Gasteiger partial charge in [0.15, 0.2) is 0 Å². The lowest BCUT2D eigenvalue weighted by molar-refractivity contribution is 0.0240. The lowest BCUT2D eigenvalue weighted by Crippen LogP contribution is -2.50. The highest BCUT2D eigenvalue weighted by Crippen LogP contribution is 2.38. The molecule has 6 nitrogen and oxygen atoms in total. The molecule has 0 aromatic heterocycles. The van der Waals surface area contributed by atoms with Crippen molar-refractivity contribution >= 4 is 17.5 Å². The normalized spacial score (nSPS) is 19.0. The number of nitrogens with zero attached hydrogens (tertiary/aromatic N) is 2. The zero-order valence-corrected chi connectivity index (χ0v) is 17.3. The molecule has 6 heteroatoms. The van der Waals surface area contributed by atoms with Crippen LogP contribution in [-0.4, -0.2) is 54.9 Å². The molecule has 1 fully saturated rings. The average Bonchev–Trinajstić information content (AvgIpc) is 2.66. The minimum Gasteiger partial charge on any atom is -0.483 e. The van der Waals surface area contributed by atoms with E-state index in [-0.39, 0.29) is 11.7 Å². The molecule has 1 saturated heterocycles. The van der Waals surface area contributed by atoms with E-state index < -0.39 is 5.60 Å². The molecule has 0 aliphatic carbocycles. The second-order valence-corrected chi connectivity index (χ2v) is 8.48. The number of hydrogen-bond acceptors (Lipinski definition) is 5. The molecule has 0 radical (unpaired) electrons. The number of rotatable bonds is 3. The molecule has 0 unspecified atom stereocenters. The van der Waals surface area contributed by atoms with Gasteiger partial charge >= 0.3 is 6.09 Å². The Hall–Kier alpha value is -2.11. The third-order valence-electron chi connectivity index (χ3n) is 5.48. The van der Waals surface area contributed by atoms with Gasteiger partial charge < -0.3 is 24.6 Å². The molecule has 0 saturated carbocycles. The second-order valence-electron chi connectivity index (χ2n) is 8.48. The number of nitrogens with one attached hydrogen (secondary N) is 1. The summed E-state index contributed by atoms with van der Waals surface area (Å²) in [5.41, 5.74) is 1.62. The number of ether oxygens (including phenoxy) is 2. The van der Waals surface area contributed by atoms with Crippen LogP contribution in [0.15, 0.2) is 18.2 Å². The molecule has 1 N–H and O–H groups in total. The van der Waals surface area contributed by atoms with Gasteiger partial charge in [-0.1, -0.05) is 13.8 Å². The van der Waals surface area contributed by atoms with Gasteiger partial charge in [-0.2, -0.15) is 0 Å². The Balaban J connectivity index is 1.65. The van der Waals surface area contributed by atoms with Crippen molar-refractivity contribution in [3.05, 3.63) is 18.2 Å². The van der Waals surface area contributed by atoms with Crippen molar-refractivity contribution in [3.63, 3.8) is 0 Å². The molecule has 1 aromatic rings. The molecule has 0 bridgehead atoms. The standard InChI is InChI=1S/C21H33N3O3/c1-6-21(7-2)15-22-17-9-8-16(14-18(17)26-21)23-10-12-24(13-11-23)19(25)27-20(3,4)5/h8-9,14,22H,6-7,10-13,15H2,1-5H3. The van der Waals surface area contributed by atoms with Gasteiger partial charge in [0.05, 0.1) is 12.2 Å². The number of anilines is 2. The van der Waals surface area contributed by atoms with Crippen LogP contribution in [0.2, 0.25) is 0 Å². The maximum Gasteiger partial charge on any atom is 0.410 e. The Morgan fingerprint density at radius 3 is 2.44 bits per heavy atom. The summed E-state index contributed by atoms with van der Waals surface area (Å²) in [6, 6.07) is 6.36. The Morgan fingerprint density at radius 1 is 1.19 bits per heavy atom. The Morgan fingerprint density at radius 2 is 1.85 bits per heavy atom. The summed E-state index contributed by atoms with van der Waals surface area (Å²) in [5, 5.41) is 3.52. The first-order valence-corrected chi connectivity index (χ1v) is 10.0. The number of carbonyl (C=O) groups excluding carboxylic acids is 1. The molecule has 2 aliphatic rings. The van der Waals surface area contributed by atoms with Crippen molar-refractivity contribution in [1.29, 1.82) is 0 Å². The molecule has 2 heterocycles. The number of benzene rings is 1. The Bertz CT molecular complexity index is 672. The molecule has 1 amide bonds. The van der Waals surface area contributed by atoms with Crippen molar-refractivity contribution < 1.29 is 14.3 Å². The first-order valence-electron chi connectivity index (χ1n) is 10.0. The highest BCUT2D eigenvalue weighted by Gasteiger charge is 2.33. The molecule has 2 aliphatic heterocycles. The smallest absolute Gasteiger partial charge is 0.410 e. The zero-order chi connectivity index (χ0) is 19.7. The van der Waals surface area contributed by atoms with Crippen molar-refractivity contribution in [2.45, 2.75) is 58.7 Å². The highest BCUT2D eigenvalue weighted by molar-refractivity contribution is 5.69. The quantitative estimate of drug-likeness (QED) is 0.862. The summed E-state index contributed by atoms with van der Waals surface area (Å²) in [4.78, 5) is 16.3. The van der Waals surface area contributed by atoms with Crippen LogP contribution >= 0.6 is 0 Å². The topological polar surface area (TPSA) is 54.0 Å². The number of piperazine rings is 1. The van der Waals surface area contributed by atoms with Crippen molar-refractivity contribution in [1.82, 2.24) is 4.90 Å². The maximum absolute atomic E-state index is 12.2. The van der Waals surface area contributed by atoms with Crippen molar-refractivity contribution in [2.24, 2.45) is 0 Å². The summed E-state index contributed by atoms with van der Waals surface area (Å²) in [6.45, 7) is 13.8. The largest absolute Gasteiger partial charge is 0.483 e. The third-order valence-corrected chi connectivity index (χ3v) is 5.48. The number of amides is 1. The molecule has 1 aromatic carbocycles. The minimum atomic E-state index is -0.456. The average molecular weight is 376 g/mol. The number of hydrogen-bond donors (Lipinski definition) is 1. The fourth-order valence-corrected chi connectivity index (χ4v) is 3.58. The van der Waals surface area contributed by atoms with Gasteiger partial charge in [-0.05, 0) is 45.7 Å². The molecule has 0 spiro atoms. The van der Waals surface area contributed by atoms with Gasteiger partial charge in [0.1, 0.15) is 17.0 Å². The first-order chi connectivity index (χ1) is 12.8. The predicted octanol–water partition coefficient (Wildman–Crippen LogP) is 4.11. The SMILES string of the molecule is CCC1(CC)CNc2ccc(N3CCN(C(=O)OC(C)(C)C)CC3)cc2O1. The summed E-state index contributed by atoms with van der Waals surface area (Å²) >= 11 is 0. The second kappa shape index (κ2) is 7.49. The van der Waals surface area contributed by atoms with E-state index in [0.717, 1.165) is 49.6 Å². The van der Waals surface area contributed by atoms with Crippen molar-refractivity contribution in [2.75, 3.05) is 42.9 Å². The van der Waals surface area contributed by atoms with Crippen LogP contribution in [0, 0.1) is 0 Å². The number of carbonyl (C=O) groups is 1. The van der Waals surface area contributed by atoms with Crippen LogP contribution in [-0.2, 0) is 4.74 Å². The monoisotopic (exact) mass is 375 g/mol. The van der Waals surface area contributed by atoms with E-state index in [9.17, 15) is 4.79 Å². The van der Waals surface area contributed by atoms with Crippen LogP contribution < -0.4 is 15.0 Å². The van der Waals surface area contributed by atoms with Gasteiger partial charge in [-0.25, -0.2) is 4.79 Å². The van der Waals surface area contributed by atoms with Gasteiger partial charge in [0.2, 0.25) is 0 Å². The summed E-state index contributed by atoms with van der Waals surface area (Å²) < 4.78 is 11.9. The van der Waals surface area contributed by atoms with E-state index in [2.05, 4.69) is 42.3 Å². The van der Waals surface area contributed by atoms with E-state index in [1.165, 1.54) is 0 Å². The van der Waals surface area contributed by atoms with E-state index in [1.54, 1.807) is 4.90 Å². The lowest BCUT2D eigenvalue weighted by Gasteiger charge is -2.40. The van der Waals surface area contributed by atoms with Gasteiger partial charge in [-0.15, -0.1) is 0 Å². The fraction of sp³-hybridized carbons (Fsp3) is 0.667. The minimum absolute atomic E-state index is 0.124. The Labute approximate surface area is 162 Å². The highest BCUT2D eigenvalue weighted by atomic mass is 16.6. The van der Waals surface area contributed by atoms with Crippen LogP contribution in [0.5, 0.6) is 5.75 Å². The van der Waals surface area contributed by atoms with Gasteiger partial charge in [-0.3, -0.25) is 0 Å². The van der Waals surface area contributed by atoms with Crippen LogP contribution in [0.25, 0.3) is 0 Å². The zero-order valence-electron chi connectivity index (χ0n) is 17.3. The van der Waals surface area contributed by atoms with Gasteiger partial charge in [0.25, 0.3) is 0 Å². The molecule has 0 atom stereocenters. The Kier molecular flexibility index (Phi) is 5.45. The molecular formula is C21H33N3O3. The molecule has 150 valence electrons. The summed E-state index contributed by atoms with van der Waals surface area (Å²) in [7, 11) is 0. The molecule has 27 heavy (non-hydrogen) atoms. The van der Waals surface area contributed by atoms with E-state index >= 15 is 0 Å². The van der Waals surface area contributed by atoms with E-state index in [1.807, 2.05) is 20.8 Å². The molecular weight excluding hydrogens is 342 g/mol. The van der Waals surface area contributed by atoms with Crippen LogP contribution in [0.1, 0.15) is 47.5 Å². The van der Waals surface area contributed by atoms with Gasteiger partial charge in [0, 0.05) is 37.9 Å². The third kappa shape index (κ3) is 4.42. The summed E-state index contributed by atoms with van der Waals surface area (Å²) in [5.74, 6) is 0.928.